The van der Waals surface area contributed by atoms with E-state index in [0.717, 1.165) is 71.6 Å². The van der Waals surface area contributed by atoms with Crippen molar-refractivity contribution in [2.45, 2.75) is 0 Å². The topological polar surface area (TPSA) is 38.7 Å². The molecule has 0 radical (unpaired) electrons. The monoisotopic (exact) mass is 609 g/mol. The van der Waals surface area contributed by atoms with E-state index in [1.807, 2.05) is 12.3 Å². The van der Waals surface area contributed by atoms with Crippen molar-refractivity contribution in [2.24, 2.45) is 0 Å². The molecule has 0 atom stereocenters. The highest BCUT2D eigenvalue weighted by atomic mass is 14.7. The number of hydrogen-bond acceptors (Lipinski definition) is 3. The first-order valence-corrected chi connectivity index (χ1v) is 16.3. The van der Waals surface area contributed by atoms with Gasteiger partial charge in [0, 0.05) is 38.9 Å². The van der Waals surface area contributed by atoms with Gasteiger partial charge in [-0.15, -0.1) is 0 Å². The lowest BCUT2D eigenvalue weighted by Crippen LogP contribution is -1.91. The van der Waals surface area contributed by atoms with Gasteiger partial charge in [0.25, 0.3) is 0 Å². The highest BCUT2D eigenvalue weighted by Gasteiger charge is 2.13. The number of benzene rings is 7. The van der Waals surface area contributed by atoms with Crippen molar-refractivity contribution < 1.29 is 0 Å². The van der Waals surface area contributed by atoms with Gasteiger partial charge in [0.15, 0.2) is 0 Å². The van der Waals surface area contributed by atoms with Gasteiger partial charge in [-0.3, -0.25) is 4.98 Å². The zero-order chi connectivity index (χ0) is 31.6. The summed E-state index contributed by atoms with van der Waals surface area (Å²) in [6.07, 6.45) is 1.86. The van der Waals surface area contributed by atoms with Crippen LogP contribution in [0.3, 0.4) is 0 Å². The van der Waals surface area contributed by atoms with E-state index in [1.165, 1.54) is 27.1 Å². The Labute approximate surface area is 276 Å². The van der Waals surface area contributed by atoms with Crippen LogP contribution < -0.4 is 0 Å². The van der Waals surface area contributed by atoms with Crippen LogP contribution in [0.5, 0.6) is 0 Å². The van der Waals surface area contributed by atoms with Crippen molar-refractivity contribution in [2.75, 3.05) is 0 Å². The Balaban J connectivity index is 1.09. The van der Waals surface area contributed by atoms with Crippen LogP contribution in [0.1, 0.15) is 0 Å². The normalized spacial score (nSPS) is 11.8. The fourth-order valence-corrected chi connectivity index (χ4v) is 7.29. The molecule has 0 bridgehead atoms. The summed E-state index contributed by atoms with van der Waals surface area (Å²) >= 11 is 0. The predicted molar refractivity (Wildman–Crippen MR) is 201 cm³/mol. The van der Waals surface area contributed by atoms with E-state index in [9.17, 15) is 0 Å². The average Bonchev–Trinajstić information content (AvgIpc) is 3.16. The molecule has 222 valence electrons. The minimum atomic E-state index is 0.930. The lowest BCUT2D eigenvalue weighted by molar-refractivity contribution is 1.38. The first-order valence-electron chi connectivity index (χ1n) is 16.3. The minimum Gasteiger partial charge on any atom is -0.256 e. The molecular formula is C45H27N3. The lowest BCUT2D eigenvalue weighted by Gasteiger charge is -2.12. The van der Waals surface area contributed by atoms with Gasteiger partial charge in [0.1, 0.15) is 0 Å². The van der Waals surface area contributed by atoms with Crippen molar-refractivity contribution in [1.82, 2.24) is 15.0 Å². The molecule has 0 fully saturated rings. The van der Waals surface area contributed by atoms with E-state index < -0.39 is 0 Å². The maximum atomic E-state index is 5.21. The maximum Gasteiger partial charge on any atom is 0.0780 e. The molecule has 3 aromatic heterocycles. The van der Waals surface area contributed by atoms with E-state index in [2.05, 4.69) is 157 Å². The summed E-state index contributed by atoms with van der Waals surface area (Å²) in [5.41, 5.74) is 9.34. The standard InChI is InChI=1S/C45H27N3/c1-2-10-34-30(8-1)24-39(36-12-4-3-11-35(34)36)31-17-15-28-19-21-41(47-43(28)26-31)32-18-16-29-20-22-42(48-44(29)27-32)40-25-33-9-7-23-46-45(33)38-14-6-5-13-37(38)40/h1-27H. The Morgan fingerprint density at radius 2 is 0.896 bits per heavy atom. The highest BCUT2D eigenvalue weighted by molar-refractivity contribution is 6.14. The third-order valence-corrected chi connectivity index (χ3v) is 9.65. The van der Waals surface area contributed by atoms with Crippen LogP contribution in [0, 0.1) is 0 Å². The van der Waals surface area contributed by atoms with Gasteiger partial charge in [-0.2, -0.15) is 0 Å². The van der Waals surface area contributed by atoms with Crippen LogP contribution in [0.4, 0.5) is 0 Å². The van der Waals surface area contributed by atoms with Crippen LogP contribution >= 0.6 is 0 Å². The van der Waals surface area contributed by atoms with Gasteiger partial charge in [0.2, 0.25) is 0 Å². The Morgan fingerprint density at radius 3 is 1.71 bits per heavy atom. The van der Waals surface area contributed by atoms with Crippen LogP contribution in [0.15, 0.2) is 164 Å². The van der Waals surface area contributed by atoms with E-state index in [-0.39, 0.29) is 0 Å². The summed E-state index contributed by atoms with van der Waals surface area (Å²) in [5.74, 6) is 0. The third kappa shape index (κ3) is 4.25. The van der Waals surface area contributed by atoms with Crippen LogP contribution in [-0.4, -0.2) is 15.0 Å². The van der Waals surface area contributed by atoms with Gasteiger partial charge in [-0.05, 0) is 80.5 Å². The smallest absolute Gasteiger partial charge is 0.0780 e. The van der Waals surface area contributed by atoms with Crippen LogP contribution in [0.2, 0.25) is 0 Å². The second-order valence-corrected chi connectivity index (χ2v) is 12.4. The molecular weight excluding hydrogens is 583 g/mol. The van der Waals surface area contributed by atoms with Gasteiger partial charge in [-0.1, -0.05) is 115 Å². The summed E-state index contributed by atoms with van der Waals surface area (Å²) in [7, 11) is 0. The van der Waals surface area contributed by atoms with Crippen molar-refractivity contribution in [3.05, 3.63) is 164 Å². The molecule has 10 rings (SSSR count). The quantitative estimate of drug-likeness (QED) is 0.187. The molecule has 3 nitrogen and oxygen atoms in total. The van der Waals surface area contributed by atoms with E-state index in [4.69, 9.17) is 9.97 Å². The zero-order valence-electron chi connectivity index (χ0n) is 25.9. The molecule has 0 aliphatic heterocycles. The van der Waals surface area contributed by atoms with E-state index in [1.54, 1.807) is 0 Å². The molecule has 0 saturated heterocycles. The molecule has 0 spiro atoms. The summed E-state index contributed by atoms with van der Waals surface area (Å²) < 4.78 is 0. The van der Waals surface area contributed by atoms with Crippen LogP contribution in [0.25, 0.3) is 98.7 Å². The molecule has 0 amide bonds. The van der Waals surface area contributed by atoms with E-state index >= 15 is 0 Å². The minimum absolute atomic E-state index is 0.930. The average molecular weight is 610 g/mol. The first kappa shape index (κ1) is 26.7. The third-order valence-electron chi connectivity index (χ3n) is 9.65. The number of fused-ring (bicyclic) bond motifs is 8. The zero-order valence-corrected chi connectivity index (χ0v) is 25.9. The maximum absolute atomic E-state index is 5.21. The van der Waals surface area contributed by atoms with Crippen molar-refractivity contribution in [3.8, 4) is 33.6 Å². The fraction of sp³-hybridized carbons (Fsp3) is 0. The molecule has 48 heavy (non-hydrogen) atoms. The second-order valence-electron chi connectivity index (χ2n) is 12.4. The Morgan fingerprint density at radius 1 is 0.333 bits per heavy atom. The Bertz CT molecular complexity index is 2710. The molecule has 0 N–H and O–H groups in total. The van der Waals surface area contributed by atoms with Gasteiger partial charge < -0.3 is 0 Å². The molecule has 0 saturated carbocycles. The van der Waals surface area contributed by atoms with Gasteiger partial charge in [-0.25, -0.2) is 9.97 Å². The molecule has 10 aromatic rings. The molecule has 0 unspecified atom stereocenters. The van der Waals surface area contributed by atoms with Crippen molar-refractivity contribution >= 4 is 65.0 Å². The lowest BCUT2D eigenvalue weighted by atomic mass is 9.93. The largest absolute Gasteiger partial charge is 0.256 e. The number of pyridine rings is 3. The Kier molecular flexibility index (Phi) is 5.87. The fourth-order valence-electron chi connectivity index (χ4n) is 7.29. The predicted octanol–water partition coefficient (Wildman–Crippen LogP) is 11.8. The number of hydrogen-bond donors (Lipinski definition) is 0. The SMILES string of the molecule is c1ccc2c(c1)cc(-c1ccc3ccc(-c4ccc5ccc(-c6cc7cccnc7c7ccccc67)nc5c4)nc3c1)c1ccccc12. The van der Waals surface area contributed by atoms with Crippen molar-refractivity contribution in [3.63, 3.8) is 0 Å². The molecule has 3 heterocycles. The molecule has 7 aromatic carbocycles. The molecule has 0 aliphatic rings. The summed E-state index contributed by atoms with van der Waals surface area (Å²) in [6, 6.07) is 56.1. The molecule has 3 heteroatoms. The first-order chi connectivity index (χ1) is 23.8. The van der Waals surface area contributed by atoms with Gasteiger partial charge >= 0.3 is 0 Å². The van der Waals surface area contributed by atoms with Gasteiger partial charge in [0.05, 0.1) is 27.9 Å². The molecule has 0 aliphatic carbocycles. The summed E-state index contributed by atoms with van der Waals surface area (Å²) in [4.78, 5) is 15.1. The second kappa shape index (κ2) is 10.5. The number of nitrogens with zero attached hydrogens (tertiary/aromatic N) is 3. The number of rotatable bonds is 3. The summed E-state index contributed by atoms with van der Waals surface area (Å²) in [5, 5.41) is 10.6. The summed E-state index contributed by atoms with van der Waals surface area (Å²) in [6.45, 7) is 0. The number of aromatic nitrogens is 3. The Hall–Kier alpha value is -6.45. The highest BCUT2D eigenvalue weighted by Crippen LogP contribution is 2.37. The van der Waals surface area contributed by atoms with Crippen LogP contribution in [-0.2, 0) is 0 Å². The van der Waals surface area contributed by atoms with Crippen molar-refractivity contribution in [1.29, 1.82) is 0 Å². The van der Waals surface area contributed by atoms with E-state index in [0.29, 0.717) is 0 Å².